The predicted octanol–water partition coefficient (Wildman–Crippen LogP) is 1.39. The zero-order valence-corrected chi connectivity index (χ0v) is 7.05. The Morgan fingerprint density at radius 3 is 2.36 bits per heavy atom. The Labute approximate surface area is 69.0 Å². The van der Waals surface area contributed by atoms with Crippen LogP contribution in [0.3, 0.4) is 0 Å². The van der Waals surface area contributed by atoms with Crippen molar-refractivity contribution in [3.63, 3.8) is 0 Å². The zero-order chi connectivity index (χ0) is 7.73. The smallest absolute Gasteiger partial charge is 0.140 e. The average Bonchev–Trinajstić information content (AvgIpc) is 2.76. The Hall–Kier alpha value is -0.480. The molecule has 0 bridgehead atoms. The summed E-state index contributed by atoms with van der Waals surface area (Å²) in [6, 6.07) is 0.952. The van der Waals surface area contributed by atoms with Crippen LogP contribution in [0.2, 0.25) is 0 Å². The minimum Gasteiger partial charge on any atom is -0.311 e. The third kappa shape index (κ3) is 1.16. The summed E-state index contributed by atoms with van der Waals surface area (Å²) in [4.78, 5) is 0. The number of terminal acetylenes is 1. The van der Waals surface area contributed by atoms with Crippen LogP contribution in [0.1, 0.15) is 25.7 Å². The van der Waals surface area contributed by atoms with Gasteiger partial charge in [0.2, 0.25) is 0 Å². The molecule has 0 N–H and O–H groups in total. The van der Waals surface area contributed by atoms with E-state index in [2.05, 4.69) is 5.92 Å². The molecule has 2 fully saturated rings. The second-order valence-electron chi connectivity index (χ2n) is 3.97. The molecule has 1 aliphatic carbocycles. The zero-order valence-electron chi connectivity index (χ0n) is 7.05. The van der Waals surface area contributed by atoms with Gasteiger partial charge in [0, 0.05) is 25.7 Å². The lowest BCUT2D eigenvalue weighted by Gasteiger charge is -2.32. The van der Waals surface area contributed by atoms with Crippen molar-refractivity contribution in [2.75, 3.05) is 19.6 Å². The molecule has 0 radical (unpaired) electrons. The molecule has 2 aliphatic rings. The van der Waals surface area contributed by atoms with E-state index >= 15 is 0 Å². The van der Waals surface area contributed by atoms with Gasteiger partial charge in [-0.25, -0.2) is 0 Å². The highest BCUT2D eigenvalue weighted by Gasteiger charge is 2.45. The van der Waals surface area contributed by atoms with E-state index in [1.165, 1.54) is 43.3 Å². The van der Waals surface area contributed by atoms with E-state index in [0.29, 0.717) is 0 Å². The minimum absolute atomic E-state index is 0.952. The Morgan fingerprint density at radius 2 is 1.91 bits per heavy atom. The topological polar surface area (TPSA) is 0 Å². The van der Waals surface area contributed by atoms with E-state index in [1.54, 1.807) is 0 Å². The summed E-state index contributed by atoms with van der Waals surface area (Å²) in [7, 11) is 0. The minimum atomic E-state index is 0.952. The van der Waals surface area contributed by atoms with Crippen molar-refractivity contribution in [2.24, 2.45) is 0 Å². The molecule has 0 amide bonds. The molecule has 1 heterocycles. The SMILES string of the molecule is C#CC[N+]1(C2CC2)CCCC1. The Bertz CT molecular complexity index is 180. The molecule has 1 nitrogen and oxygen atoms in total. The fraction of sp³-hybridized carbons (Fsp3) is 0.800. The lowest BCUT2D eigenvalue weighted by molar-refractivity contribution is -0.920. The molecule has 0 aromatic heterocycles. The summed E-state index contributed by atoms with van der Waals surface area (Å²) in [5.74, 6) is 2.84. The summed E-state index contributed by atoms with van der Waals surface area (Å²) in [5, 5.41) is 0. The maximum absolute atomic E-state index is 5.39. The molecule has 0 spiro atoms. The van der Waals surface area contributed by atoms with E-state index in [0.717, 1.165) is 12.6 Å². The Kier molecular flexibility index (Phi) is 1.65. The summed E-state index contributed by atoms with van der Waals surface area (Å²) in [6.45, 7) is 3.70. The van der Waals surface area contributed by atoms with Crippen LogP contribution in [0, 0.1) is 12.3 Å². The lowest BCUT2D eigenvalue weighted by Crippen LogP contribution is -2.47. The van der Waals surface area contributed by atoms with Crippen LogP contribution in [0.25, 0.3) is 0 Å². The van der Waals surface area contributed by atoms with E-state index in [9.17, 15) is 0 Å². The number of nitrogens with zero attached hydrogens (tertiary/aromatic N) is 1. The molecule has 11 heavy (non-hydrogen) atoms. The van der Waals surface area contributed by atoms with Crippen molar-refractivity contribution >= 4 is 0 Å². The first-order valence-corrected chi connectivity index (χ1v) is 4.67. The van der Waals surface area contributed by atoms with Crippen molar-refractivity contribution < 1.29 is 4.48 Å². The highest BCUT2D eigenvalue weighted by Crippen LogP contribution is 2.37. The first-order valence-electron chi connectivity index (χ1n) is 4.67. The third-order valence-electron chi connectivity index (χ3n) is 3.18. The predicted molar refractivity (Wildman–Crippen MR) is 46.0 cm³/mol. The van der Waals surface area contributed by atoms with E-state index in [4.69, 9.17) is 6.42 Å². The molecule has 2 rings (SSSR count). The lowest BCUT2D eigenvalue weighted by atomic mass is 10.3. The number of likely N-dealkylation sites (tertiary alicyclic amines) is 1. The number of hydrogen-bond donors (Lipinski definition) is 0. The van der Waals surface area contributed by atoms with Gasteiger partial charge in [0.25, 0.3) is 0 Å². The standard InChI is InChI=1S/C10H16N/c1-2-7-11(10-5-6-10)8-3-4-9-11/h1,10H,3-9H2/q+1. The van der Waals surface area contributed by atoms with Crippen molar-refractivity contribution in [1.82, 2.24) is 0 Å². The quantitative estimate of drug-likeness (QED) is 0.412. The highest BCUT2D eigenvalue weighted by molar-refractivity contribution is 4.88. The van der Waals surface area contributed by atoms with Crippen molar-refractivity contribution in [3.05, 3.63) is 0 Å². The summed E-state index contributed by atoms with van der Waals surface area (Å²) >= 11 is 0. The monoisotopic (exact) mass is 150 g/mol. The van der Waals surface area contributed by atoms with Crippen molar-refractivity contribution in [1.29, 1.82) is 0 Å². The second-order valence-corrected chi connectivity index (χ2v) is 3.97. The van der Waals surface area contributed by atoms with Gasteiger partial charge in [-0.1, -0.05) is 0 Å². The normalized spacial score (nSPS) is 28.3. The molecule has 0 aromatic carbocycles. The Morgan fingerprint density at radius 1 is 1.27 bits per heavy atom. The first kappa shape index (κ1) is 7.18. The summed E-state index contributed by atoms with van der Waals surface area (Å²) < 4.78 is 1.27. The van der Waals surface area contributed by atoms with E-state index in [1.807, 2.05) is 0 Å². The van der Waals surface area contributed by atoms with Crippen LogP contribution in [-0.2, 0) is 0 Å². The van der Waals surface area contributed by atoms with Crippen LogP contribution < -0.4 is 0 Å². The first-order chi connectivity index (χ1) is 5.37. The largest absolute Gasteiger partial charge is 0.311 e. The second kappa shape index (κ2) is 2.53. The molecule has 1 saturated carbocycles. The van der Waals surface area contributed by atoms with E-state index in [-0.39, 0.29) is 0 Å². The fourth-order valence-corrected chi connectivity index (χ4v) is 2.42. The molecule has 0 aromatic rings. The van der Waals surface area contributed by atoms with Crippen molar-refractivity contribution in [3.8, 4) is 12.3 Å². The maximum atomic E-state index is 5.39. The third-order valence-corrected chi connectivity index (χ3v) is 3.18. The number of quaternary nitrogens is 1. The van der Waals surface area contributed by atoms with Crippen LogP contribution >= 0.6 is 0 Å². The average molecular weight is 150 g/mol. The molecular formula is C10H16N+. The molecule has 0 unspecified atom stereocenters. The molecular weight excluding hydrogens is 134 g/mol. The van der Waals surface area contributed by atoms with Gasteiger partial charge in [-0.15, -0.1) is 6.42 Å². The van der Waals surface area contributed by atoms with Gasteiger partial charge < -0.3 is 4.48 Å². The van der Waals surface area contributed by atoms with Gasteiger partial charge in [0.15, 0.2) is 0 Å². The van der Waals surface area contributed by atoms with Gasteiger partial charge in [-0.05, 0) is 5.92 Å². The molecule has 60 valence electrons. The number of hydrogen-bond acceptors (Lipinski definition) is 0. The maximum Gasteiger partial charge on any atom is 0.140 e. The van der Waals surface area contributed by atoms with E-state index < -0.39 is 0 Å². The van der Waals surface area contributed by atoms with Crippen LogP contribution in [0.5, 0.6) is 0 Å². The van der Waals surface area contributed by atoms with Crippen LogP contribution in [0.15, 0.2) is 0 Å². The highest BCUT2D eigenvalue weighted by atomic mass is 15.4. The molecule has 1 saturated heterocycles. The van der Waals surface area contributed by atoms with Crippen molar-refractivity contribution in [2.45, 2.75) is 31.7 Å². The molecule has 1 heteroatoms. The summed E-state index contributed by atoms with van der Waals surface area (Å²) in [6.07, 6.45) is 11.1. The summed E-state index contributed by atoms with van der Waals surface area (Å²) in [5.41, 5.74) is 0. The molecule has 0 atom stereocenters. The van der Waals surface area contributed by atoms with Gasteiger partial charge in [-0.3, -0.25) is 0 Å². The van der Waals surface area contributed by atoms with Gasteiger partial charge in [0.05, 0.1) is 19.1 Å². The van der Waals surface area contributed by atoms with Gasteiger partial charge in [-0.2, -0.15) is 0 Å². The molecule has 1 aliphatic heterocycles. The van der Waals surface area contributed by atoms with Gasteiger partial charge in [0.1, 0.15) is 6.54 Å². The fourth-order valence-electron chi connectivity index (χ4n) is 2.42. The number of rotatable bonds is 2. The van der Waals surface area contributed by atoms with Gasteiger partial charge >= 0.3 is 0 Å². The Balaban J connectivity index is 2.06. The van der Waals surface area contributed by atoms with Crippen LogP contribution in [0.4, 0.5) is 0 Å². The van der Waals surface area contributed by atoms with Crippen LogP contribution in [-0.4, -0.2) is 30.2 Å².